The number of quaternary nitrogens is 2. The third-order valence-corrected chi connectivity index (χ3v) is 5.11. The maximum atomic E-state index is 5.52. The molecule has 138 valence electrons. The molecule has 0 aliphatic carbocycles. The van der Waals surface area contributed by atoms with E-state index in [0.29, 0.717) is 0 Å². The van der Waals surface area contributed by atoms with Crippen molar-refractivity contribution in [2.45, 2.75) is 6.54 Å². The number of piperazine rings is 1. The quantitative estimate of drug-likeness (QED) is 0.766. The van der Waals surface area contributed by atoms with Crippen molar-refractivity contribution in [1.29, 1.82) is 0 Å². The normalized spacial score (nSPS) is 20.2. The van der Waals surface area contributed by atoms with Gasteiger partial charge in [-0.05, 0) is 29.8 Å². The van der Waals surface area contributed by atoms with Crippen LogP contribution in [-0.4, -0.2) is 46.9 Å². The van der Waals surface area contributed by atoms with E-state index in [1.165, 1.54) is 37.3 Å². The maximum Gasteiger partial charge on any atom is 0.127 e. The molecule has 1 aliphatic heterocycles. The van der Waals surface area contributed by atoms with Gasteiger partial charge in [0.2, 0.25) is 0 Å². The summed E-state index contributed by atoms with van der Waals surface area (Å²) in [7, 11) is 3.45. The fourth-order valence-electron chi connectivity index (χ4n) is 3.55. The second kappa shape index (κ2) is 9.41. The van der Waals surface area contributed by atoms with Crippen molar-refractivity contribution < 1.29 is 19.3 Å². The zero-order valence-electron chi connectivity index (χ0n) is 15.8. The fraction of sp³-hybridized carbons (Fsp3) is 0.364. The summed E-state index contributed by atoms with van der Waals surface area (Å²) in [6.45, 7) is 6.89. The highest BCUT2D eigenvalue weighted by molar-refractivity contribution is 5.48. The molecule has 0 spiro atoms. The molecule has 3 rings (SSSR count). The second-order valence-corrected chi connectivity index (χ2v) is 6.87. The Morgan fingerprint density at radius 2 is 1.62 bits per heavy atom. The van der Waals surface area contributed by atoms with Crippen molar-refractivity contribution in [2.24, 2.45) is 0 Å². The lowest BCUT2D eigenvalue weighted by Crippen LogP contribution is -3.27. The van der Waals surface area contributed by atoms with E-state index in [0.717, 1.165) is 24.6 Å². The molecule has 0 radical (unpaired) electrons. The van der Waals surface area contributed by atoms with E-state index in [-0.39, 0.29) is 0 Å². The van der Waals surface area contributed by atoms with Gasteiger partial charge in [-0.3, -0.25) is 0 Å². The molecule has 0 amide bonds. The Morgan fingerprint density at radius 1 is 0.885 bits per heavy atom. The number of rotatable bonds is 7. The molecule has 1 saturated heterocycles. The van der Waals surface area contributed by atoms with Crippen molar-refractivity contribution in [3.8, 4) is 11.5 Å². The topological polar surface area (TPSA) is 27.3 Å². The van der Waals surface area contributed by atoms with E-state index in [2.05, 4.69) is 48.6 Å². The molecule has 0 bridgehead atoms. The highest BCUT2D eigenvalue weighted by atomic mass is 16.5. The lowest BCUT2D eigenvalue weighted by Gasteiger charge is -2.29. The SMILES string of the molecule is COc1ccc(OC)c(C[NH+]2CC[NH+](C/C=C/c3ccccc3)CC2)c1. The lowest BCUT2D eigenvalue weighted by atomic mass is 10.1. The van der Waals surface area contributed by atoms with Crippen LogP contribution < -0.4 is 19.3 Å². The number of nitrogens with one attached hydrogen (secondary N) is 2. The molecule has 4 nitrogen and oxygen atoms in total. The molecule has 1 aliphatic rings. The standard InChI is InChI=1S/C22H28N2O2/c1-25-21-10-11-22(26-2)20(17-21)18-24-15-13-23(14-16-24)12-6-9-19-7-4-3-5-8-19/h3-11,17H,12-16,18H2,1-2H3/p+2/b9-6+. The molecule has 1 heterocycles. The molecule has 0 unspecified atom stereocenters. The minimum absolute atomic E-state index is 0.899. The minimum Gasteiger partial charge on any atom is -0.497 e. The Labute approximate surface area is 156 Å². The van der Waals surface area contributed by atoms with Gasteiger partial charge < -0.3 is 19.3 Å². The predicted octanol–water partition coefficient (Wildman–Crippen LogP) is 0.701. The predicted molar refractivity (Wildman–Crippen MR) is 105 cm³/mol. The number of hydrogen-bond acceptors (Lipinski definition) is 2. The molecule has 0 atom stereocenters. The van der Waals surface area contributed by atoms with Crippen LogP contribution in [0.2, 0.25) is 0 Å². The molecule has 2 aromatic carbocycles. The summed E-state index contributed by atoms with van der Waals surface area (Å²) in [5.41, 5.74) is 2.51. The van der Waals surface area contributed by atoms with Gasteiger partial charge in [-0.1, -0.05) is 36.4 Å². The zero-order valence-corrected chi connectivity index (χ0v) is 15.8. The molecule has 4 heteroatoms. The summed E-state index contributed by atoms with van der Waals surface area (Å²) in [6, 6.07) is 16.6. The molecule has 2 aromatic rings. The third kappa shape index (κ3) is 5.10. The van der Waals surface area contributed by atoms with Crippen LogP contribution in [0.15, 0.2) is 54.6 Å². The van der Waals surface area contributed by atoms with Gasteiger partial charge in [-0.2, -0.15) is 0 Å². The highest BCUT2D eigenvalue weighted by Gasteiger charge is 2.23. The van der Waals surface area contributed by atoms with Gasteiger partial charge in [0, 0.05) is 0 Å². The molecule has 1 fully saturated rings. The van der Waals surface area contributed by atoms with Gasteiger partial charge in [-0.25, -0.2) is 0 Å². The smallest absolute Gasteiger partial charge is 0.127 e. The summed E-state index contributed by atoms with van der Waals surface area (Å²) in [4.78, 5) is 3.28. The monoisotopic (exact) mass is 354 g/mol. The minimum atomic E-state index is 0.899. The number of ether oxygens (including phenoxy) is 2. The third-order valence-electron chi connectivity index (χ3n) is 5.11. The largest absolute Gasteiger partial charge is 0.497 e. The van der Waals surface area contributed by atoms with Gasteiger partial charge in [0.15, 0.2) is 0 Å². The fourth-order valence-corrected chi connectivity index (χ4v) is 3.55. The zero-order chi connectivity index (χ0) is 18.2. The molecule has 0 aromatic heterocycles. The van der Waals surface area contributed by atoms with Gasteiger partial charge in [0.1, 0.15) is 44.2 Å². The van der Waals surface area contributed by atoms with Gasteiger partial charge in [0.05, 0.1) is 26.3 Å². The van der Waals surface area contributed by atoms with Crippen molar-refractivity contribution >= 4 is 6.08 Å². The Bertz CT molecular complexity index is 707. The summed E-state index contributed by atoms with van der Waals surface area (Å²) in [5.74, 6) is 1.86. The first kappa shape index (κ1) is 18.5. The van der Waals surface area contributed by atoms with E-state index in [4.69, 9.17) is 9.47 Å². The van der Waals surface area contributed by atoms with E-state index >= 15 is 0 Å². The molecular weight excluding hydrogens is 324 g/mol. The highest BCUT2D eigenvalue weighted by Crippen LogP contribution is 2.23. The molecular formula is C22H30N2O2+2. The summed E-state index contributed by atoms with van der Waals surface area (Å²) in [6.07, 6.45) is 4.54. The van der Waals surface area contributed by atoms with Crippen molar-refractivity contribution in [3.63, 3.8) is 0 Å². The Hall–Kier alpha value is -2.30. The lowest BCUT2D eigenvalue weighted by molar-refractivity contribution is -1.02. The van der Waals surface area contributed by atoms with Gasteiger partial charge in [-0.15, -0.1) is 0 Å². The van der Waals surface area contributed by atoms with Crippen LogP contribution in [0.1, 0.15) is 11.1 Å². The number of benzene rings is 2. The van der Waals surface area contributed by atoms with E-state index in [9.17, 15) is 0 Å². The van der Waals surface area contributed by atoms with Gasteiger partial charge in [0.25, 0.3) is 0 Å². The van der Waals surface area contributed by atoms with Crippen LogP contribution in [0.3, 0.4) is 0 Å². The van der Waals surface area contributed by atoms with Crippen LogP contribution >= 0.6 is 0 Å². The first-order chi connectivity index (χ1) is 12.8. The first-order valence-electron chi connectivity index (χ1n) is 9.38. The van der Waals surface area contributed by atoms with E-state index in [1.807, 2.05) is 12.1 Å². The Balaban J connectivity index is 1.49. The number of methoxy groups -OCH3 is 2. The Kier molecular flexibility index (Phi) is 6.69. The summed E-state index contributed by atoms with van der Waals surface area (Å²) >= 11 is 0. The molecule has 0 saturated carbocycles. The Morgan fingerprint density at radius 3 is 2.31 bits per heavy atom. The molecule has 26 heavy (non-hydrogen) atoms. The van der Waals surface area contributed by atoms with Crippen LogP contribution in [0, 0.1) is 0 Å². The second-order valence-electron chi connectivity index (χ2n) is 6.87. The van der Waals surface area contributed by atoms with Gasteiger partial charge >= 0.3 is 0 Å². The van der Waals surface area contributed by atoms with E-state index in [1.54, 1.807) is 24.0 Å². The van der Waals surface area contributed by atoms with Crippen molar-refractivity contribution in [1.82, 2.24) is 0 Å². The van der Waals surface area contributed by atoms with Crippen molar-refractivity contribution in [2.75, 3.05) is 46.9 Å². The average Bonchev–Trinajstić information content (AvgIpc) is 2.70. The average molecular weight is 354 g/mol. The van der Waals surface area contributed by atoms with Crippen LogP contribution in [0.25, 0.3) is 6.08 Å². The van der Waals surface area contributed by atoms with Crippen molar-refractivity contribution in [3.05, 3.63) is 65.7 Å². The van der Waals surface area contributed by atoms with Crippen LogP contribution in [0.5, 0.6) is 11.5 Å². The summed E-state index contributed by atoms with van der Waals surface area (Å²) < 4.78 is 10.9. The number of hydrogen-bond donors (Lipinski definition) is 2. The van der Waals surface area contributed by atoms with E-state index < -0.39 is 0 Å². The van der Waals surface area contributed by atoms with Crippen LogP contribution in [0.4, 0.5) is 0 Å². The maximum absolute atomic E-state index is 5.52. The summed E-state index contributed by atoms with van der Waals surface area (Å²) in [5, 5.41) is 0. The molecule has 2 N–H and O–H groups in total. The van der Waals surface area contributed by atoms with Crippen LogP contribution in [-0.2, 0) is 6.54 Å². The first-order valence-corrected chi connectivity index (χ1v) is 9.38.